The molecule has 0 unspecified atom stereocenters. The molecule has 0 saturated carbocycles. The first-order valence-electron chi connectivity index (χ1n) is 11.3. The summed E-state index contributed by atoms with van der Waals surface area (Å²) in [6.45, 7) is 4.99. The fourth-order valence-electron chi connectivity index (χ4n) is 4.11. The number of ketones is 1. The normalized spacial score (nSPS) is 16.9. The van der Waals surface area contributed by atoms with Gasteiger partial charge in [-0.25, -0.2) is 4.98 Å². The number of benzene rings is 2. The van der Waals surface area contributed by atoms with Crippen molar-refractivity contribution in [3.63, 3.8) is 0 Å². The highest BCUT2D eigenvalue weighted by molar-refractivity contribution is 6.46. The van der Waals surface area contributed by atoms with Crippen LogP contribution >= 0.6 is 0 Å². The number of aliphatic hydroxyl groups is 1. The van der Waals surface area contributed by atoms with Crippen molar-refractivity contribution in [1.29, 1.82) is 0 Å². The highest BCUT2D eigenvalue weighted by Gasteiger charge is 2.45. The molecule has 1 saturated heterocycles. The summed E-state index contributed by atoms with van der Waals surface area (Å²) in [6, 6.07) is 13.1. The van der Waals surface area contributed by atoms with E-state index in [0.29, 0.717) is 48.7 Å². The van der Waals surface area contributed by atoms with Crippen molar-refractivity contribution in [3.05, 3.63) is 96.6 Å². The van der Waals surface area contributed by atoms with Crippen LogP contribution in [0.2, 0.25) is 0 Å². The number of ether oxygens (including phenoxy) is 2. The van der Waals surface area contributed by atoms with Crippen LogP contribution in [0.1, 0.15) is 23.6 Å². The number of aryl methyl sites for hydroxylation is 1. The van der Waals surface area contributed by atoms with Crippen LogP contribution in [0.15, 0.2) is 85.5 Å². The second kappa shape index (κ2) is 10.7. The lowest BCUT2D eigenvalue weighted by atomic mass is 9.95. The Morgan fingerprint density at radius 1 is 1.09 bits per heavy atom. The Kier molecular flexibility index (Phi) is 7.30. The van der Waals surface area contributed by atoms with Gasteiger partial charge in [0.05, 0.1) is 25.1 Å². The molecule has 1 aromatic heterocycles. The topological polar surface area (TPSA) is 93.9 Å². The number of imidazole rings is 1. The molecule has 0 radical (unpaired) electrons. The number of hydrogen-bond acceptors (Lipinski definition) is 6. The third-order valence-corrected chi connectivity index (χ3v) is 5.84. The Balaban J connectivity index is 1.70. The van der Waals surface area contributed by atoms with Gasteiger partial charge in [-0.05, 0) is 48.4 Å². The van der Waals surface area contributed by atoms with E-state index in [4.69, 9.17) is 9.47 Å². The molecule has 8 nitrogen and oxygen atoms in total. The molecule has 1 aliphatic rings. The lowest BCUT2D eigenvalue weighted by Gasteiger charge is -2.25. The number of Topliss-reactive ketones (excluding diaryl/α,β-unsaturated/α-hetero) is 1. The highest BCUT2D eigenvalue weighted by Crippen LogP contribution is 2.40. The number of rotatable bonds is 10. The van der Waals surface area contributed by atoms with E-state index in [1.54, 1.807) is 74.2 Å². The molecule has 1 atom stereocenters. The number of aliphatic hydroxyl groups excluding tert-OH is 1. The number of nitrogens with zero attached hydrogens (tertiary/aromatic N) is 3. The van der Waals surface area contributed by atoms with Gasteiger partial charge in [-0.1, -0.05) is 24.8 Å². The lowest BCUT2D eigenvalue weighted by molar-refractivity contribution is -0.139. The Bertz CT molecular complexity index is 1210. The minimum Gasteiger partial charge on any atom is -0.507 e. The maximum absolute atomic E-state index is 13.2. The summed E-state index contributed by atoms with van der Waals surface area (Å²) in [7, 11) is 1.55. The first-order valence-corrected chi connectivity index (χ1v) is 11.3. The number of amides is 1. The van der Waals surface area contributed by atoms with Gasteiger partial charge in [0.1, 0.15) is 23.9 Å². The maximum Gasteiger partial charge on any atom is 0.295 e. The summed E-state index contributed by atoms with van der Waals surface area (Å²) in [5.41, 5.74) is 1.19. The first-order chi connectivity index (χ1) is 17.0. The van der Waals surface area contributed by atoms with Crippen molar-refractivity contribution in [1.82, 2.24) is 14.5 Å². The summed E-state index contributed by atoms with van der Waals surface area (Å²) in [5, 5.41) is 11.2. The van der Waals surface area contributed by atoms with Gasteiger partial charge in [-0.3, -0.25) is 9.59 Å². The third kappa shape index (κ3) is 5.11. The van der Waals surface area contributed by atoms with E-state index in [1.807, 2.05) is 10.8 Å². The van der Waals surface area contributed by atoms with Crippen LogP contribution in [-0.4, -0.2) is 51.5 Å². The van der Waals surface area contributed by atoms with Crippen molar-refractivity contribution in [2.75, 3.05) is 20.3 Å². The quantitative estimate of drug-likeness (QED) is 0.207. The smallest absolute Gasteiger partial charge is 0.295 e. The summed E-state index contributed by atoms with van der Waals surface area (Å²) >= 11 is 0. The number of carbonyl (C=O) groups is 2. The van der Waals surface area contributed by atoms with Crippen LogP contribution in [0.5, 0.6) is 11.5 Å². The molecule has 1 N–H and O–H groups in total. The van der Waals surface area contributed by atoms with E-state index in [0.717, 1.165) is 0 Å². The lowest BCUT2D eigenvalue weighted by Crippen LogP contribution is -2.31. The molecule has 2 aromatic carbocycles. The fourth-order valence-corrected chi connectivity index (χ4v) is 4.11. The number of hydrogen-bond donors (Lipinski definition) is 1. The Morgan fingerprint density at radius 3 is 2.43 bits per heavy atom. The second-order valence-electron chi connectivity index (χ2n) is 8.04. The predicted octanol–water partition coefficient (Wildman–Crippen LogP) is 3.97. The number of carbonyl (C=O) groups excluding carboxylic acids is 2. The Morgan fingerprint density at radius 2 is 1.80 bits per heavy atom. The molecule has 1 amide bonds. The van der Waals surface area contributed by atoms with Gasteiger partial charge in [-0.15, -0.1) is 0 Å². The average Bonchev–Trinajstić information content (AvgIpc) is 3.50. The number of likely N-dealkylation sites (tertiary alicyclic amines) is 1. The van der Waals surface area contributed by atoms with Gasteiger partial charge < -0.3 is 24.0 Å². The fraction of sp³-hybridized carbons (Fsp3) is 0.222. The molecule has 1 aliphatic heterocycles. The Hall–Kier alpha value is -4.33. The first kappa shape index (κ1) is 23.8. The minimum absolute atomic E-state index is 0.0579. The van der Waals surface area contributed by atoms with Gasteiger partial charge in [0.2, 0.25) is 0 Å². The van der Waals surface area contributed by atoms with Crippen molar-refractivity contribution in [3.8, 4) is 11.5 Å². The molecular weight excluding hydrogens is 446 g/mol. The standard InChI is InChI=1S/C27H27N3O5/c1-3-17-35-22-11-5-19(6-12-22)24-23(25(31)20-7-9-21(34-2)10-8-20)26(32)27(33)30(24)15-4-14-29-16-13-28-18-29/h3,5-13,16,18,24,31H,1,4,14-15,17H2,2H3/t24-/m1/s1. The van der Waals surface area contributed by atoms with Crippen LogP contribution < -0.4 is 9.47 Å². The summed E-state index contributed by atoms with van der Waals surface area (Å²) in [4.78, 5) is 31.8. The van der Waals surface area contributed by atoms with Crippen molar-refractivity contribution in [2.45, 2.75) is 19.0 Å². The average molecular weight is 474 g/mol. The van der Waals surface area contributed by atoms with E-state index in [9.17, 15) is 14.7 Å². The zero-order valence-electron chi connectivity index (χ0n) is 19.5. The van der Waals surface area contributed by atoms with Gasteiger partial charge in [0.15, 0.2) is 0 Å². The molecule has 2 heterocycles. The monoisotopic (exact) mass is 473 g/mol. The van der Waals surface area contributed by atoms with E-state index in [-0.39, 0.29) is 11.3 Å². The number of methoxy groups -OCH3 is 1. The Labute approximate surface area is 203 Å². The minimum atomic E-state index is -0.728. The van der Waals surface area contributed by atoms with Crippen LogP contribution in [0.4, 0.5) is 0 Å². The third-order valence-electron chi connectivity index (χ3n) is 5.84. The van der Waals surface area contributed by atoms with Gasteiger partial charge in [0.25, 0.3) is 11.7 Å². The SMILES string of the molecule is C=CCOc1ccc([C@@H]2C(=C(O)c3ccc(OC)cc3)C(=O)C(=O)N2CCCn2ccnc2)cc1. The molecule has 180 valence electrons. The summed E-state index contributed by atoms with van der Waals surface area (Å²) in [5.74, 6) is -0.310. The molecule has 8 heteroatoms. The van der Waals surface area contributed by atoms with Crippen LogP contribution in [0.3, 0.4) is 0 Å². The highest BCUT2D eigenvalue weighted by atomic mass is 16.5. The zero-order valence-corrected chi connectivity index (χ0v) is 19.5. The van der Waals surface area contributed by atoms with Crippen molar-refractivity contribution < 1.29 is 24.2 Å². The van der Waals surface area contributed by atoms with E-state index in [2.05, 4.69) is 11.6 Å². The van der Waals surface area contributed by atoms with E-state index in [1.165, 1.54) is 4.90 Å². The summed E-state index contributed by atoms with van der Waals surface area (Å²) < 4.78 is 12.7. The molecule has 4 rings (SSSR count). The largest absolute Gasteiger partial charge is 0.507 e. The van der Waals surface area contributed by atoms with Crippen LogP contribution in [-0.2, 0) is 16.1 Å². The molecule has 0 spiro atoms. The van der Waals surface area contributed by atoms with E-state index >= 15 is 0 Å². The maximum atomic E-state index is 13.2. The molecule has 1 fully saturated rings. The molecular formula is C27H27N3O5. The molecule has 35 heavy (non-hydrogen) atoms. The predicted molar refractivity (Wildman–Crippen MR) is 131 cm³/mol. The zero-order chi connectivity index (χ0) is 24.8. The van der Waals surface area contributed by atoms with Crippen LogP contribution in [0, 0.1) is 0 Å². The van der Waals surface area contributed by atoms with Gasteiger partial charge >= 0.3 is 0 Å². The molecule has 3 aromatic rings. The van der Waals surface area contributed by atoms with Crippen LogP contribution in [0.25, 0.3) is 5.76 Å². The number of aromatic nitrogens is 2. The van der Waals surface area contributed by atoms with Crippen molar-refractivity contribution in [2.24, 2.45) is 0 Å². The second-order valence-corrected chi connectivity index (χ2v) is 8.04. The summed E-state index contributed by atoms with van der Waals surface area (Å²) in [6.07, 6.45) is 7.51. The van der Waals surface area contributed by atoms with E-state index < -0.39 is 17.7 Å². The van der Waals surface area contributed by atoms with Gasteiger partial charge in [0, 0.05) is 31.0 Å². The van der Waals surface area contributed by atoms with Crippen molar-refractivity contribution >= 4 is 17.4 Å². The molecule has 0 aliphatic carbocycles. The van der Waals surface area contributed by atoms with Gasteiger partial charge in [-0.2, -0.15) is 0 Å². The molecule has 0 bridgehead atoms.